The maximum absolute atomic E-state index is 12.4. The summed E-state index contributed by atoms with van der Waals surface area (Å²) in [6.45, 7) is 1.82. The molecule has 2 aromatic rings. The lowest BCUT2D eigenvalue weighted by Crippen LogP contribution is -3.14. The average molecular weight is 372 g/mol. The van der Waals surface area contributed by atoms with E-state index in [2.05, 4.69) is 10.6 Å². The molecule has 0 saturated heterocycles. The van der Waals surface area contributed by atoms with Crippen LogP contribution in [0.5, 0.6) is 0 Å². The second-order valence-corrected chi connectivity index (χ2v) is 6.33. The van der Waals surface area contributed by atoms with E-state index < -0.39 is 6.04 Å². The Kier molecular flexibility index (Phi) is 6.73. The van der Waals surface area contributed by atoms with Crippen molar-refractivity contribution < 1.29 is 14.5 Å². The number of nitriles is 1. The van der Waals surface area contributed by atoms with Gasteiger partial charge in [-0.25, -0.2) is 0 Å². The van der Waals surface area contributed by atoms with Crippen LogP contribution >= 0.6 is 11.6 Å². The summed E-state index contributed by atoms with van der Waals surface area (Å²) in [5, 5.41) is 15.0. The van der Waals surface area contributed by atoms with E-state index in [9.17, 15) is 9.59 Å². The Morgan fingerprint density at radius 3 is 2.38 bits per heavy atom. The lowest BCUT2D eigenvalue weighted by molar-refractivity contribution is -0.885. The number of para-hydroxylation sites is 2. The van der Waals surface area contributed by atoms with Crippen molar-refractivity contribution >= 4 is 34.8 Å². The van der Waals surface area contributed by atoms with Gasteiger partial charge in [0.15, 0.2) is 12.6 Å². The minimum Gasteiger partial charge on any atom is -0.320 e. The first-order chi connectivity index (χ1) is 12.4. The molecule has 1 unspecified atom stereocenters. The number of benzene rings is 2. The Morgan fingerprint density at radius 1 is 1.12 bits per heavy atom. The predicted octanol–water partition coefficient (Wildman–Crippen LogP) is 1.69. The number of anilines is 2. The van der Waals surface area contributed by atoms with Crippen LogP contribution in [0.15, 0.2) is 48.5 Å². The number of nitrogens with zero attached hydrogens (tertiary/aromatic N) is 1. The number of rotatable bonds is 6. The average Bonchev–Trinajstić information content (AvgIpc) is 2.63. The third-order valence-electron chi connectivity index (χ3n) is 4.03. The topological polar surface area (TPSA) is 86.4 Å². The Hall–Kier alpha value is -2.88. The van der Waals surface area contributed by atoms with Gasteiger partial charge in [0.1, 0.15) is 6.07 Å². The number of carbonyl (C=O) groups is 2. The molecule has 26 heavy (non-hydrogen) atoms. The molecule has 2 amide bonds. The highest BCUT2D eigenvalue weighted by molar-refractivity contribution is 6.33. The molecular weight excluding hydrogens is 352 g/mol. The van der Waals surface area contributed by atoms with Gasteiger partial charge in [-0.1, -0.05) is 35.9 Å². The van der Waals surface area contributed by atoms with E-state index in [4.69, 9.17) is 16.9 Å². The van der Waals surface area contributed by atoms with Crippen molar-refractivity contribution in [1.82, 2.24) is 0 Å². The summed E-state index contributed by atoms with van der Waals surface area (Å²) >= 11 is 6.02. The van der Waals surface area contributed by atoms with E-state index in [0.717, 1.165) is 0 Å². The van der Waals surface area contributed by atoms with Crippen molar-refractivity contribution in [3.8, 4) is 6.07 Å². The molecule has 3 N–H and O–H groups in total. The molecule has 2 atom stereocenters. The smallest absolute Gasteiger partial charge is 0.282 e. The van der Waals surface area contributed by atoms with Crippen LogP contribution in [0.4, 0.5) is 11.4 Å². The van der Waals surface area contributed by atoms with Gasteiger partial charge in [-0.05, 0) is 31.2 Å². The second kappa shape index (κ2) is 8.99. The highest BCUT2D eigenvalue weighted by Crippen LogP contribution is 2.20. The van der Waals surface area contributed by atoms with Crippen molar-refractivity contribution in [3.63, 3.8) is 0 Å². The summed E-state index contributed by atoms with van der Waals surface area (Å²) in [6.07, 6.45) is 0. The van der Waals surface area contributed by atoms with Gasteiger partial charge in [-0.3, -0.25) is 9.59 Å². The third kappa shape index (κ3) is 5.06. The Balaban J connectivity index is 1.95. The van der Waals surface area contributed by atoms with Crippen LogP contribution in [0.2, 0.25) is 5.02 Å². The number of amides is 2. The fourth-order valence-electron chi connectivity index (χ4n) is 2.32. The quantitative estimate of drug-likeness (QED) is 0.722. The van der Waals surface area contributed by atoms with E-state index in [0.29, 0.717) is 26.9 Å². The van der Waals surface area contributed by atoms with Gasteiger partial charge in [0.05, 0.1) is 29.0 Å². The van der Waals surface area contributed by atoms with Gasteiger partial charge < -0.3 is 15.5 Å². The van der Waals surface area contributed by atoms with Crippen LogP contribution in [0.25, 0.3) is 0 Å². The minimum absolute atomic E-state index is 0.0969. The van der Waals surface area contributed by atoms with E-state index >= 15 is 0 Å². The number of hydrogen-bond donors (Lipinski definition) is 3. The molecule has 0 fully saturated rings. The molecule has 0 spiro atoms. The first-order valence-corrected chi connectivity index (χ1v) is 8.47. The lowest BCUT2D eigenvalue weighted by Gasteiger charge is -2.21. The largest absolute Gasteiger partial charge is 0.320 e. The SMILES string of the molecule is C[C@@H](C(=O)Nc1ccccc1C#N)[NH+](C)CC(=O)Nc1ccccc1Cl. The van der Waals surface area contributed by atoms with Gasteiger partial charge in [0.25, 0.3) is 11.8 Å². The lowest BCUT2D eigenvalue weighted by atomic mass is 10.2. The number of nitrogens with one attached hydrogen (secondary N) is 3. The van der Waals surface area contributed by atoms with Crippen molar-refractivity contribution in [3.05, 3.63) is 59.1 Å². The normalized spacial score (nSPS) is 12.5. The molecule has 0 heterocycles. The molecule has 0 aliphatic heterocycles. The van der Waals surface area contributed by atoms with E-state index in [-0.39, 0.29) is 18.4 Å². The zero-order valence-corrected chi connectivity index (χ0v) is 15.3. The molecule has 7 heteroatoms. The highest BCUT2D eigenvalue weighted by Gasteiger charge is 2.24. The maximum atomic E-state index is 12.4. The zero-order valence-electron chi connectivity index (χ0n) is 14.5. The Bertz CT molecular complexity index is 847. The molecule has 0 saturated carbocycles. The summed E-state index contributed by atoms with van der Waals surface area (Å²) in [5.41, 5.74) is 1.38. The van der Waals surface area contributed by atoms with Crippen LogP contribution in [0.1, 0.15) is 12.5 Å². The first-order valence-electron chi connectivity index (χ1n) is 8.09. The molecule has 0 radical (unpaired) electrons. The Labute approximate surface area is 157 Å². The highest BCUT2D eigenvalue weighted by atomic mass is 35.5. The van der Waals surface area contributed by atoms with Gasteiger partial charge in [0, 0.05) is 0 Å². The molecule has 0 aliphatic carbocycles. The summed E-state index contributed by atoms with van der Waals surface area (Å²) in [7, 11) is 1.76. The van der Waals surface area contributed by atoms with Crippen molar-refractivity contribution in [2.24, 2.45) is 0 Å². The molecule has 0 bridgehead atoms. The molecule has 2 rings (SSSR count). The third-order valence-corrected chi connectivity index (χ3v) is 4.35. The van der Waals surface area contributed by atoms with Gasteiger partial charge in [0.2, 0.25) is 0 Å². The molecule has 2 aromatic carbocycles. The van der Waals surface area contributed by atoms with Crippen LogP contribution in [0.3, 0.4) is 0 Å². The standard InChI is InChI=1S/C19H19ClN4O2/c1-13(19(26)23-16-9-5-3-7-14(16)11-21)24(2)12-18(25)22-17-10-6-4-8-15(17)20/h3-10,13H,12H2,1-2H3,(H,22,25)(H,23,26)/p+1/t13-/m0/s1. The van der Waals surface area contributed by atoms with Crippen molar-refractivity contribution in [1.29, 1.82) is 5.26 Å². The molecule has 134 valence electrons. The van der Waals surface area contributed by atoms with Gasteiger partial charge in [-0.15, -0.1) is 0 Å². The van der Waals surface area contributed by atoms with E-state index in [1.807, 2.05) is 6.07 Å². The summed E-state index contributed by atoms with van der Waals surface area (Å²) < 4.78 is 0. The van der Waals surface area contributed by atoms with Crippen LogP contribution in [-0.2, 0) is 9.59 Å². The van der Waals surface area contributed by atoms with Crippen molar-refractivity contribution in [2.75, 3.05) is 24.2 Å². The summed E-state index contributed by atoms with van der Waals surface area (Å²) in [6, 6.07) is 15.3. The second-order valence-electron chi connectivity index (χ2n) is 5.92. The number of halogens is 1. The zero-order chi connectivity index (χ0) is 19.1. The maximum Gasteiger partial charge on any atom is 0.282 e. The first kappa shape index (κ1) is 19.4. The fourth-order valence-corrected chi connectivity index (χ4v) is 2.50. The van der Waals surface area contributed by atoms with Crippen molar-refractivity contribution in [2.45, 2.75) is 13.0 Å². The predicted molar refractivity (Wildman–Crippen MR) is 101 cm³/mol. The van der Waals surface area contributed by atoms with Gasteiger partial charge in [-0.2, -0.15) is 5.26 Å². The molecule has 6 nitrogen and oxygen atoms in total. The van der Waals surface area contributed by atoms with E-state index in [1.54, 1.807) is 62.5 Å². The van der Waals surface area contributed by atoms with Crippen LogP contribution < -0.4 is 15.5 Å². The summed E-state index contributed by atoms with van der Waals surface area (Å²) in [4.78, 5) is 25.3. The minimum atomic E-state index is -0.487. The molecular formula is C19H20ClN4O2+. The summed E-state index contributed by atoms with van der Waals surface area (Å²) in [5.74, 6) is -0.511. The Morgan fingerprint density at radius 2 is 1.73 bits per heavy atom. The number of hydrogen-bond acceptors (Lipinski definition) is 3. The van der Waals surface area contributed by atoms with E-state index in [1.165, 1.54) is 0 Å². The van der Waals surface area contributed by atoms with Gasteiger partial charge >= 0.3 is 0 Å². The fraction of sp³-hybridized carbons (Fsp3) is 0.211. The molecule has 0 aromatic heterocycles. The number of likely N-dealkylation sites (N-methyl/N-ethyl adjacent to an activating group) is 1. The van der Waals surface area contributed by atoms with Crippen LogP contribution in [0, 0.1) is 11.3 Å². The molecule has 0 aliphatic rings. The number of carbonyl (C=O) groups excluding carboxylic acids is 2. The monoisotopic (exact) mass is 371 g/mol. The number of quaternary nitrogens is 1. The van der Waals surface area contributed by atoms with Crippen LogP contribution in [-0.4, -0.2) is 31.4 Å².